The van der Waals surface area contributed by atoms with Crippen molar-refractivity contribution < 1.29 is 27.8 Å². The number of halogens is 2. The Morgan fingerprint density at radius 1 is 1.20 bits per heavy atom. The van der Waals surface area contributed by atoms with Crippen molar-refractivity contribution in [3.8, 4) is 29.6 Å². The summed E-state index contributed by atoms with van der Waals surface area (Å²) in [7, 11) is 0. The van der Waals surface area contributed by atoms with E-state index in [2.05, 4.69) is 37.7 Å². The Hall–Kier alpha value is -4.97. The zero-order chi connectivity index (χ0) is 34.1. The van der Waals surface area contributed by atoms with Crippen LogP contribution in [0.15, 0.2) is 41.8 Å². The number of rotatable bonds is 9. The van der Waals surface area contributed by atoms with Gasteiger partial charge in [0.2, 0.25) is 11.5 Å². The topological polar surface area (TPSA) is 135 Å². The summed E-state index contributed by atoms with van der Waals surface area (Å²) in [5.74, 6) is 0.749. The van der Waals surface area contributed by atoms with Crippen molar-refractivity contribution in [1.82, 2.24) is 30.2 Å². The molecule has 0 spiro atoms. The fourth-order valence-electron chi connectivity index (χ4n) is 6.50. The molecule has 1 atom stereocenters. The van der Waals surface area contributed by atoms with E-state index in [-0.39, 0.29) is 62.6 Å². The fraction of sp³-hybridized carbons (Fsp3) is 0.400. The first-order valence-corrected chi connectivity index (χ1v) is 16.1. The second-order valence-corrected chi connectivity index (χ2v) is 12.7. The third kappa shape index (κ3) is 6.69. The lowest BCUT2D eigenvalue weighted by atomic mass is 9.99. The lowest BCUT2D eigenvalue weighted by molar-refractivity contribution is -0.117. The number of anilines is 1. The molecule has 1 aromatic carbocycles. The highest BCUT2D eigenvalue weighted by Gasteiger charge is 2.45. The molecule has 3 aliphatic rings. The number of amides is 1. The van der Waals surface area contributed by atoms with Gasteiger partial charge in [-0.15, -0.1) is 6.42 Å². The minimum absolute atomic E-state index is 0.0195. The van der Waals surface area contributed by atoms with Gasteiger partial charge in [-0.2, -0.15) is 9.97 Å². The van der Waals surface area contributed by atoms with Crippen LogP contribution in [-0.4, -0.2) is 103 Å². The molecule has 2 saturated heterocycles. The monoisotopic (exact) mass is 671 g/mol. The van der Waals surface area contributed by atoms with E-state index in [1.807, 2.05) is 4.90 Å². The van der Waals surface area contributed by atoms with Gasteiger partial charge >= 0.3 is 6.01 Å². The number of nitrogens with zero attached hydrogens (tertiary/aromatic N) is 5. The van der Waals surface area contributed by atoms with E-state index in [0.29, 0.717) is 45.3 Å². The maximum absolute atomic E-state index is 16.9. The molecule has 0 bridgehead atoms. The van der Waals surface area contributed by atoms with Crippen molar-refractivity contribution in [3.05, 3.63) is 64.6 Å². The van der Waals surface area contributed by atoms with E-state index in [0.717, 1.165) is 44.6 Å². The predicted octanol–water partition coefficient (Wildman–Crippen LogP) is 2.79. The van der Waals surface area contributed by atoms with Crippen LogP contribution in [0.5, 0.6) is 6.01 Å². The number of hydrogen-bond acceptors (Lipinski definition) is 10. The van der Waals surface area contributed by atoms with E-state index >= 15 is 4.39 Å². The van der Waals surface area contributed by atoms with Gasteiger partial charge in [0.1, 0.15) is 22.8 Å². The highest BCUT2D eigenvalue weighted by molar-refractivity contribution is 6.00. The van der Waals surface area contributed by atoms with Crippen molar-refractivity contribution >= 4 is 33.5 Å². The molecule has 1 amide bonds. The van der Waals surface area contributed by atoms with Crippen LogP contribution in [0, 0.1) is 29.4 Å². The number of H-pyrrole nitrogens is 1. The van der Waals surface area contributed by atoms with Crippen molar-refractivity contribution in [2.45, 2.75) is 18.9 Å². The molecule has 3 aromatic heterocycles. The van der Waals surface area contributed by atoms with E-state index in [1.54, 1.807) is 0 Å². The van der Waals surface area contributed by atoms with E-state index in [1.165, 1.54) is 18.3 Å². The van der Waals surface area contributed by atoms with Gasteiger partial charge in [0.25, 0.3) is 0 Å². The molecule has 4 aromatic rings. The molecule has 5 heterocycles. The lowest BCUT2D eigenvalue weighted by Gasteiger charge is -2.30. The molecule has 2 aliphatic heterocycles. The molecule has 254 valence electrons. The number of pyridine rings is 2. The van der Waals surface area contributed by atoms with Gasteiger partial charge in [-0.05, 0) is 31.1 Å². The smallest absolute Gasteiger partial charge is 0.319 e. The summed E-state index contributed by atoms with van der Waals surface area (Å²) in [5.41, 5.74) is -0.838. The first-order valence-electron chi connectivity index (χ1n) is 16.1. The number of aromatic nitrogens is 4. The molecular weight excluding hydrogens is 636 g/mol. The van der Waals surface area contributed by atoms with Gasteiger partial charge in [-0.3, -0.25) is 19.5 Å². The van der Waals surface area contributed by atoms with Gasteiger partial charge in [0.15, 0.2) is 5.82 Å². The average molecular weight is 672 g/mol. The number of carbonyl (C=O) groups excluding carboxylic acids is 1. The van der Waals surface area contributed by atoms with Crippen LogP contribution in [0.3, 0.4) is 0 Å². The van der Waals surface area contributed by atoms with E-state index in [4.69, 9.17) is 25.6 Å². The first kappa shape index (κ1) is 32.6. The lowest BCUT2D eigenvalue weighted by Crippen LogP contribution is -2.44. The Balaban J connectivity index is 1.32. The predicted molar refractivity (Wildman–Crippen MR) is 178 cm³/mol. The molecule has 12 nitrogen and oxygen atoms in total. The summed E-state index contributed by atoms with van der Waals surface area (Å²) in [6.45, 7) is 9.02. The van der Waals surface area contributed by atoms with Crippen LogP contribution in [0.2, 0.25) is 0 Å². The Morgan fingerprint density at radius 2 is 2.00 bits per heavy atom. The molecule has 0 unspecified atom stereocenters. The molecule has 49 heavy (non-hydrogen) atoms. The maximum Gasteiger partial charge on any atom is 0.319 e. The molecular formula is C35H35F2N7O5. The molecule has 0 radical (unpaired) electrons. The van der Waals surface area contributed by atoms with Gasteiger partial charge in [0.05, 0.1) is 55.5 Å². The van der Waals surface area contributed by atoms with Crippen LogP contribution in [0.4, 0.5) is 14.6 Å². The standard InChI is InChI=1S/C35H35F2N7O5/c1-3-22-25(36)5-6-26-29(22)23(15-28(46)40-26)31-30(37)32-24(16-38-31)33(44-11-14-48-18-21(17-44)39-27(45)4-2)42-34(41-32)49-20-35(7-8-35)19-43-9-12-47-13-10-43/h1,4-6,15-16,21H,2,7-14,17-20H2,(H,39,45)(H,40,46)/t21-/m1/s1. The second-order valence-electron chi connectivity index (χ2n) is 12.7. The maximum atomic E-state index is 16.9. The highest BCUT2D eigenvalue weighted by Crippen LogP contribution is 2.47. The number of carbonyl (C=O) groups is 1. The first-order chi connectivity index (χ1) is 23.8. The van der Waals surface area contributed by atoms with Gasteiger partial charge in [-0.25, -0.2) is 8.78 Å². The molecule has 1 saturated carbocycles. The highest BCUT2D eigenvalue weighted by atomic mass is 19.1. The van der Waals surface area contributed by atoms with Gasteiger partial charge in [0, 0.05) is 61.4 Å². The van der Waals surface area contributed by atoms with Gasteiger partial charge < -0.3 is 29.4 Å². The summed E-state index contributed by atoms with van der Waals surface area (Å²) in [4.78, 5) is 45.4. The van der Waals surface area contributed by atoms with Crippen LogP contribution in [0.25, 0.3) is 33.1 Å². The third-order valence-electron chi connectivity index (χ3n) is 9.22. The summed E-state index contributed by atoms with van der Waals surface area (Å²) < 4.78 is 49.2. The molecule has 1 aliphatic carbocycles. The van der Waals surface area contributed by atoms with Crippen molar-refractivity contribution in [2.24, 2.45) is 5.41 Å². The quantitative estimate of drug-likeness (QED) is 0.202. The molecule has 7 rings (SSSR count). The average Bonchev–Trinajstić information content (AvgIpc) is 3.91. The van der Waals surface area contributed by atoms with Crippen LogP contribution < -0.4 is 20.5 Å². The number of nitrogens with one attached hydrogen (secondary N) is 2. The number of fused-ring (bicyclic) bond motifs is 2. The Labute approximate surface area is 280 Å². The molecule has 3 fully saturated rings. The number of benzene rings is 1. The normalized spacial score (nSPS) is 19.3. The van der Waals surface area contributed by atoms with Gasteiger partial charge in [-0.1, -0.05) is 12.5 Å². The minimum Gasteiger partial charge on any atom is -0.463 e. The summed E-state index contributed by atoms with van der Waals surface area (Å²) in [6, 6.07) is 3.21. The molecule has 14 heteroatoms. The zero-order valence-electron chi connectivity index (χ0n) is 26.8. The second kappa shape index (κ2) is 13.5. The van der Waals surface area contributed by atoms with E-state index in [9.17, 15) is 14.0 Å². The SMILES string of the molecule is C#Cc1c(F)ccc2[nH]c(=O)cc(-c3ncc4c(N5CCOC[C@H](NC(=O)C=C)C5)nc(OCC5(CN6CCOCC6)CC5)nc4c3F)c12. The summed E-state index contributed by atoms with van der Waals surface area (Å²) in [5, 5.41) is 3.28. The van der Waals surface area contributed by atoms with E-state index < -0.39 is 23.2 Å². The summed E-state index contributed by atoms with van der Waals surface area (Å²) >= 11 is 0. The minimum atomic E-state index is -0.859. The fourth-order valence-corrected chi connectivity index (χ4v) is 6.50. The van der Waals surface area contributed by atoms with Crippen molar-refractivity contribution in [1.29, 1.82) is 0 Å². The number of morpholine rings is 1. The number of hydrogen-bond donors (Lipinski definition) is 2. The Kier molecular flexibility index (Phi) is 8.98. The third-order valence-corrected chi connectivity index (χ3v) is 9.22. The van der Waals surface area contributed by atoms with Crippen molar-refractivity contribution in [2.75, 3.05) is 70.7 Å². The Morgan fingerprint density at radius 3 is 2.76 bits per heavy atom. The van der Waals surface area contributed by atoms with Crippen LogP contribution >= 0.6 is 0 Å². The van der Waals surface area contributed by atoms with Crippen LogP contribution in [-0.2, 0) is 14.3 Å². The summed E-state index contributed by atoms with van der Waals surface area (Å²) in [6.07, 6.45) is 10.2. The Bertz CT molecular complexity index is 2040. The number of terminal acetylenes is 1. The largest absolute Gasteiger partial charge is 0.463 e. The number of ether oxygens (including phenoxy) is 3. The zero-order valence-corrected chi connectivity index (χ0v) is 26.8. The van der Waals surface area contributed by atoms with Crippen LogP contribution in [0.1, 0.15) is 18.4 Å². The number of aromatic amines is 1. The van der Waals surface area contributed by atoms with Crippen molar-refractivity contribution in [3.63, 3.8) is 0 Å². The molecule has 2 N–H and O–H groups in total.